The van der Waals surface area contributed by atoms with Gasteiger partial charge >= 0.3 is 0 Å². The Morgan fingerprint density at radius 3 is 2.07 bits per heavy atom. The predicted molar refractivity (Wildman–Crippen MR) is 176 cm³/mol. The van der Waals surface area contributed by atoms with E-state index in [2.05, 4.69) is 124 Å². The molecule has 3 nitrogen and oxygen atoms in total. The van der Waals surface area contributed by atoms with Crippen LogP contribution in [0.4, 0.5) is 5.69 Å². The van der Waals surface area contributed by atoms with Crippen molar-refractivity contribution >= 4 is 11.9 Å². The quantitative estimate of drug-likeness (QED) is 0.196. The van der Waals surface area contributed by atoms with Gasteiger partial charge in [0.15, 0.2) is 0 Å². The van der Waals surface area contributed by atoms with Crippen molar-refractivity contribution in [1.82, 2.24) is 9.97 Å². The van der Waals surface area contributed by atoms with Crippen LogP contribution >= 0.6 is 0 Å². The average molecular weight is 544 g/mol. The number of benzene rings is 4. The summed E-state index contributed by atoms with van der Waals surface area (Å²) in [5.41, 5.74) is 15.4. The molecule has 42 heavy (non-hydrogen) atoms. The third-order valence-corrected chi connectivity index (χ3v) is 7.53. The molecule has 2 heterocycles. The van der Waals surface area contributed by atoms with Crippen molar-refractivity contribution in [3.8, 4) is 44.8 Å². The number of rotatable bonds is 6. The summed E-state index contributed by atoms with van der Waals surface area (Å²) in [6.07, 6.45) is 3.69. The van der Waals surface area contributed by atoms with Gasteiger partial charge in [0.05, 0.1) is 29.0 Å². The molecule has 0 N–H and O–H groups in total. The van der Waals surface area contributed by atoms with E-state index in [-0.39, 0.29) is 0 Å². The number of hydrogen-bond donors (Lipinski definition) is 0. The second kappa shape index (κ2) is 11.8. The van der Waals surface area contributed by atoms with Gasteiger partial charge in [-0.05, 0) is 103 Å². The molecular formula is C39H33N3. The fourth-order valence-corrected chi connectivity index (χ4v) is 5.64. The van der Waals surface area contributed by atoms with Crippen LogP contribution in [0.25, 0.3) is 44.8 Å². The fourth-order valence-electron chi connectivity index (χ4n) is 5.64. The first-order chi connectivity index (χ1) is 20.4. The summed E-state index contributed by atoms with van der Waals surface area (Å²) in [6.45, 7) is 8.60. The third-order valence-electron chi connectivity index (χ3n) is 7.53. The van der Waals surface area contributed by atoms with Crippen molar-refractivity contribution in [3.63, 3.8) is 0 Å². The molecule has 0 saturated heterocycles. The van der Waals surface area contributed by atoms with Crippen LogP contribution in [0.3, 0.4) is 0 Å². The minimum absolute atomic E-state index is 0.783. The summed E-state index contributed by atoms with van der Waals surface area (Å²) in [7, 11) is 0. The molecule has 0 bridgehead atoms. The van der Waals surface area contributed by atoms with Gasteiger partial charge in [0, 0.05) is 11.8 Å². The summed E-state index contributed by atoms with van der Waals surface area (Å²) in [6, 6.07) is 40.2. The van der Waals surface area contributed by atoms with Gasteiger partial charge in [0.25, 0.3) is 0 Å². The molecule has 0 radical (unpaired) electrons. The average Bonchev–Trinajstić information content (AvgIpc) is 3.00. The summed E-state index contributed by atoms with van der Waals surface area (Å²) >= 11 is 0. The fraction of sp³-hybridized carbons (Fsp3) is 0.103. The largest absolute Gasteiger partial charge is 0.255 e. The number of nitrogens with zero attached hydrogens (tertiary/aromatic N) is 3. The van der Waals surface area contributed by atoms with Crippen LogP contribution in [0, 0.1) is 27.7 Å². The van der Waals surface area contributed by atoms with Gasteiger partial charge in [-0.3, -0.25) is 9.98 Å². The minimum atomic E-state index is 0.783. The highest BCUT2D eigenvalue weighted by Gasteiger charge is 2.10. The molecule has 0 fully saturated rings. The molecule has 6 aromatic rings. The van der Waals surface area contributed by atoms with Crippen LogP contribution in [0.15, 0.2) is 126 Å². The lowest BCUT2D eigenvalue weighted by Crippen LogP contribution is -1.93. The molecule has 0 unspecified atom stereocenters. The van der Waals surface area contributed by atoms with Crippen molar-refractivity contribution in [2.24, 2.45) is 4.99 Å². The van der Waals surface area contributed by atoms with Crippen molar-refractivity contribution in [3.05, 3.63) is 149 Å². The van der Waals surface area contributed by atoms with Gasteiger partial charge in [0.2, 0.25) is 0 Å². The van der Waals surface area contributed by atoms with E-state index in [4.69, 9.17) is 9.98 Å². The molecule has 2 aromatic heterocycles. The second-order valence-corrected chi connectivity index (χ2v) is 10.9. The van der Waals surface area contributed by atoms with Gasteiger partial charge in [-0.2, -0.15) is 0 Å². The monoisotopic (exact) mass is 543 g/mol. The predicted octanol–water partition coefficient (Wildman–Crippen LogP) is 10.1. The van der Waals surface area contributed by atoms with Gasteiger partial charge in [-0.15, -0.1) is 0 Å². The number of para-hydroxylation sites is 1. The molecule has 0 aliphatic rings. The van der Waals surface area contributed by atoms with E-state index in [0.717, 1.165) is 39.5 Å². The zero-order chi connectivity index (χ0) is 29.1. The van der Waals surface area contributed by atoms with E-state index in [1.165, 1.54) is 38.9 Å². The highest BCUT2D eigenvalue weighted by atomic mass is 14.8. The maximum atomic E-state index is 4.90. The van der Waals surface area contributed by atoms with Crippen LogP contribution < -0.4 is 0 Å². The second-order valence-electron chi connectivity index (χ2n) is 10.9. The molecule has 6 rings (SSSR count). The molecule has 3 heteroatoms. The van der Waals surface area contributed by atoms with Crippen LogP contribution in [-0.4, -0.2) is 16.2 Å². The Balaban J connectivity index is 1.31. The zero-order valence-electron chi connectivity index (χ0n) is 24.5. The van der Waals surface area contributed by atoms with Crippen molar-refractivity contribution < 1.29 is 0 Å². The van der Waals surface area contributed by atoms with E-state index in [1.54, 1.807) is 0 Å². The Hall–Kier alpha value is -5.15. The zero-order valence-corrected chi connectivity index (χ0v) is 24.5. The first-order valence-corrected chi connectivity index (χ1v) is 14.3. The Morgan fingerprint density at radius 2 is 1.26 bits per heavy atom. The number of hydrogen-bond acceptors (Lipinski definition) is 3. The summed E-state index contributed by atoms with van der Waals surface area (Å²) in [5.74, 6) is 0. The number of aliphatic imine (C=N–C) groups is 1. The van der Waals surface area contributed by atoms with Gasteiger partial charge in [0.1, 0.15) is 0 Å². The van der Waals surface area contributed by atoms with E-state index >= 15 is 0 Å². The normalized spacial score (nSPS) is 11.2. The molecular weight excluding hydrogens is 510 g/mol. The number of aromatic nitrogens is 2. The van der Waals surface area contributed by atoms with Crippen LogP contribution in [0.2, 0.25) is 0 Å². The topological polar surface area (TPSA) is 38.1 Å². The molecule has 0 aliphatic carbocycles. The molecule has 0 saturated carbocycles. The molecule has 204 valence electrons. The maximum Gasteiger partial charge on any atom is 0.0894 e. The van der Waals surface area contributed by atoms with Gasteiger partial charge in [-0.1, -0.05) is 90.0 Å². The van der Waals surface area contributed by atoms with E-state index in [0.29, 0.717) is 0 Å². The van der Waals surface area contributed by atoms with E-state index in [1.807, 2.05) is 36.7 Å². The van der Waals surface area contributed by atoms with Crippen LogP contribution in [-0.2, 0) is 0 Å². The maximum absolute atomic E-state index is 4.90. The lowest BCUT2D eigenvalue weighted by molar-refractivity contribution is 1.23. The third kappa shape index (κ3) is 5.82. The first-order valence-electron chi connectivity index (χ1n) is 14.3. The van der Waals surface area contributed by atoms with Crippen LogP contribution in [0.5, 0.6) is 0 Å². The lowest BCUT2D eigenvalue weighted by Gasteiger charge is -2.12. The van der Waals surface area contributed by atoms with Gasteiger partial charge in [-0.25, -0.2) is 4.98 Å². The Labute approximate surface area is 248 Å². The SMILES string of the molecule is Cc1cc(C)cc(-c2ccnc(-c3cccc(C=Nc4ccccc4-c4cccc(-c5c(C)cccc5C)c4)n3)c2)c1. The van der Waals surface area contributed by atoms with Crippen molar-refractivity contribution in [2.45, 2.75) is 27.7 Å². The Bertz CT molecular complexity index is 1890. The van der Waals surface area contributed by atoms with Crippen molar-refractivity contribution in [1.29, 1.82) is 0 Å². The highest BCUT2D eigenvalue weighted by molar-refractivity contribution is 5.86. The minimum Gasteiger partial charge on any atom is -0.255 e. The Morgan fingerprint density at radius 1 is 0.548 bits per heavy atom. The highest BCUT2D eigenvalue weighted by Crippen LogP contribution is 2.35. The molecule has 0 aliphatic heterocycles. The number of aryl methyl sites for hydroxylation is 4. The molecule has 0 atom stereocenters. The summed E-state index contributed by atoms with van der Waals surface area (Å²) < 4.78 is 0. The van der Waals surface area contributed by atoms with E-state index in [9.17, 15) is 0 Å². The number of pyridine rings is 2. The standard InChI is InChI=1S/C39H33N3/c1-26-20-27(2)22-33(21-26)30-18-19-40-38(24-30)37-17-9-14-34(42-37)25-41-36-16-6-5-15-35(36)31-12-8-13-32(23-31)39-28(3)10-7-11-29(39)4/h5-25H,1-4H3. The molecule has 0 amide bonds. The van der Waals surface area contributed by atoms with Crippen LogP contribution in [0.1, 0.15) is 27.9 Å². The molecule has 0 spiro atoms. The van der Waals surface area contributed by atoms with Crippen molar-refractivity contribution in [2.75, 3.05) is 0 Å². The first kappa shape index (κ1) is 27.0. The van der Waals surface area contributed by atoms with E-state index < -0.39 is 0 Å². The lowest BCUT2D eigenvalue weighted by atomic mass is 9.93. The Kier molecular flexibility index (Phi) is 7.57. The summed E-state index contributed by atoms with van der Waals surface area (Å²) in [5, 5.41) is 0. The van der Waals surface area contributed by atoms with Gasteiger partial charge < -0.3 is 0 Å². The molecule has 4 aromatic carbocycles. The smallest absolute Gasteiger partial charge is 0.0894 e. The summed E-state index contributed by atoms with van der Waals surface area (Å²) in [4.78, 5) is 14.4.